The second-order valence-electron chi connectivity index (χ2n) is 5.28. The van der Waals surface area contributed by atoms with E-state index in [0.717, 1.165) is 5.56 Å². The third-order valence-corrected chi connectivity index (χ3v) is 4.01. The van der Waals surface area contributed by atoms with Gasteiger partial charge < -0.3 is 9.32 Å². The minimum Gasteiger partial charge on any atom is -0.450 e. The highest BCUT2D eigenvalue weighted by Gasteiger charge is 2.40. The summed E-state index contributed by atoms with van der Waals surface area (Å²) in [5, 5.41) is 0.484. The number of nitrogens with zero attached hydrogens (tertiary/aromatic N) is 2. The smallest absolute Gasteiger partial charge is 0.290 e. The fourth-order valence-corrected chi connectivity index (χ4v) is 2.96. The number of aromatic nitrogens is 1. The van der Waals surface area contributed by atoms with Crippen molar-refractivity contribution in [1.29, 1.82) is 0 Å². The quantitative estimate of drug-likeness (QED) is 0.690. The maximum Gasteiger partial charge on any atom is 0.290 e. The largest absolute Gasteiger partial charge is 0.450 e. The van der Waals surface area contributed by atoms with Crippen LogP contribution < -0.4 is 5.43 Å². The highest BCUT2D eigenvalue weighted by Crippen LogP contribution is 2.36. The van der Waals surface area contributed by atoms with Gasteiger partial charge in [0, 0.05) is 19.4 Å². The Morgan fingerprint density at radius 2 is 1.95 bits per heavy atom. The number of para-hydroxylation sites is 1. The van der Waals surface area contributed by atoms with Gasteiger partial charge in [0.1, 0.15) is 5.58 Å². The molecular weight excluding hydrogens is 280 g/mol. The molecule has 5 heteroatoms. The van der Waals surface area contributed by atoms with Crippen LogP contribution in [-0.4, -0.2) is 22.8 Å². The molecule has 2 aromatic heterocycles. The Balaban J connectivity index is 2.06. The maximum absolute atomic E-state index is 12.8. The first-order valence-corrected chi connectivity index (χ1v) is 6.91. The first kappa shape index (κ1) is 12.8. The zero-order chi connectivity index (χ0) is 15.3. The standard InChI is InChI=1S/C17H12N2O3/c1-19-14(10-5-4-8-18-9-10)13-15(20)11-6-2-3-7-12(11)22-16(13)17(19)21/h2-9,14H,1H3/t14-/m1/s1. The summed E-state index contributed by atoms with van der Waals surface area (Å²) in [4.78, 5) is 30.9. The number of benzene rings is 1. The minimum absolute atomic E-state index is 0.125. The molecule has 1 amide bonds. The summed E-state index contributed by atoms with van der Waals surface area (Å²) in [6.07, 6.45) is 3.32. The third-order valence-electron chi connectivity index (χ3n) is 4.01. The summed E-state index contributed by atoms with van der Waals surface area (Å²) in [7, 11) is 1.67. The first-order chi connectivity index (χ1) is 10.7. The van der Waals surface area contributed by atoms with Crippen LogP contribution in [0, 0.1) is 0 Å². The molecule has 0 fully saturated rings. The van der Waals surface area contributed by atoms with E-state index in [2.05, 4.69) is 4.98 Å². The number of hydrogen-bond donors (Lipinski definition) is 0. The van der Waals surface area contributed by atoms with Crippen molar-refractivity contribution < 1.29 is 9.21 Å². The third kappa shape index (κ3) is 1.62. The van der Waals surface area contributed by atoms with E-state index in [4.69, 9.17) is 4.42 Å². The average Bonchev–Trinajstić information content (AvgIpc) is 2.81. The van der Waals surface area contributed by atoms with E-state index < -0.39 is 6.04 Å². The fraction of sp³-hybridized carbons (Fsp3) is 0.118. The van der Waals surface area contributed by atoms with E-state index in [1.54, 1.807) is 49.8 Å². The average molecular weight is 292 g/mol. The molecule has 108 valence electrons. The van der Waals surface area contributed by atoms with Gasteiger partial charge in [-0.25, -0.2) is 0 Å². The van der Waals surface area contributed by atoms with Crippen molar-refractivity contribution in [1.82, 2.24) is 9.88 Å². The molecule has 3 aromatic rings. The number of fused-ring (bicyclic) bond motifs is 2. The molecule has 22 heavy (non-hydrogen) atoms. The molecule has 0 unspecified atom stereocenters. The number of hydrogen-bond acceptors (Lipinski definition) is 4. The van der Waals surface area contributed by atoms with E-state index in [0.29, 0.717) is 16.5 Å². The van der Waals surface area contributed by atoms with Gasteiger partial charge in [-0.2, -0.15) is 0 Å². The molecule has 0 saturated heterocycles. The maximum atomic E-state index is 12.8. The summed E-state index contributed by atoms with van der Waals surface area (Å²) in [6.45, 7) is 0. The van der Waals surface area contributed by atoms with Gasteiger partial charge >= 0.3 is 0 Å². The van der Waals surface area contributed by atoms with Crippen LogP contribution in [0.25, 0.3) is 11.0 Å². The van der Waals surface area contributed by atoms with Gasteiger partial charge in [0.25, 0.3) is 5.91 Å². The molecule has 1 aliphatic rings. The van der Waals surface area contributed by atoms with E-state index in [1.165, 1.54) is 4.90 Å². The lowest BCUT2D eigenvalue weighted by atomic mass is 10.0. The Kier molecular flexibility index (Phi) is 2.63. The fourth-order valence-electron chi connectivity index (χ4n) is 2.96. The Labute approximate surface area is 125 Å². The van der Waals surface area contributed by atoms with Crippen LogP contribution >= 0.6 is 0 Å². The molecule has 1 atom stereocenters. The SMILES string of the molecule is CN1C(=O)c2oc3ccccc3c(=O)c2[C@H]1c1cccnc1. The summed E-state index contributed by atoms with van der Waals surface area (Å²) >= 11 is 0. The van der Waals surface area contributed by atoms with Gasteiger partial charge in [0.05, 0.1) is 17.0 Å². The Morgan fingerprint density at radius 1 is 1.14 bits per heavy atom. The van der Waals surface area contributed by atoms with E-state index in [1.807, 2.05) is 6.07 Å². The van der Waals surface area contributed by atoms with E-state index in [-0.39, 0.29) is 17.1 Å². The van der Waals surface area contributed by atoms with Crippen LogP contribution in [0.4, 0.5) is 0 Å². The predicted octanol–water partition coefficient (Wildman–Crippen LogP) is 2.36. The van der Waals surface area contributed by atoms with Crippen molar-refractivity contribution in [2.45, 2.75) is 6.04 Å². The zero-order valence-electron chi connectivity index (χ0n) is 11.8. The van der Waals surface area contributed by atoms with Gasteiger partial charge in [-0.1, -0.05) is 18.2 Å². The summed E-state index contributed by atoms with van der Waals surface area (Å²) in [6, 6.07) is 10.1. The molecule has 0 saturated carbocycles. The zero-order valence-corrected chi connectivity index (χ0v) is 11.8. The lowest BCUT2D eigenvalue weighted by Gasteiger charge is -2.19. The topological polar surface area (TPSA) is 63.4 Å². The molecule has 1 aromatic carbocycles. The molecule has 4 rings (SSSR count). The van der Waals surface area contributed by atoms with Crippen LogP contribution in [0.15, 0.2) is 58.0 Å². The normalized spacial score (nSPS) is 17.0. The Hall–Kier alpha value is -2.95. The molecule has 0 spiro atoms. The van der Waals surface area contributed by atoms with Crippen molar-refractivity contribution in [3.8, 4) is 0 Å². The van der Waals surface area contributed by atoms with Crippen molar-refractivity contribution in [3.05, 3.63) is 75.9 Å². The number of rotatable bonds is 1. The molecule has 3 heterocycles. The van der Waals surface area contributed by atoms with Gasteiger partial charge in [0.2, 0.25) is 5.76 Å². The van der Waals surface area contributed by atoms with Crippen molar-refractivity contribution in [2.24, 2.45) is 0 Å². The van der Waals surface area contributed by atoms with Crippen molar-refractivity contribution in [3.63, 3.8) is 0 Å². The molecule has 0 radical (unpaired) electrons. The predicted molar refractivity (Wildman–Crippen MR) is 80.7 cm³/mol. The number of amides is 1. The van der Waals surface area contributed by atoms with Crippen LogP contribution in [0.3, 0.4) is 0 Å². The molecule has 1 aliphatic heterocycles. The number of carbonyl (C=O) groups excluding carboxylic acids is 1. The molecule has 0 aliphatic carbocycles. The number of carbonyl (C=O) groups is 1. The van der Waals surface area contributed by atoms with Gasteiger partial charge in [-0.05, 0) is 23.8 Å². The van der Waals surface area contributed by atoms with Gasteiger partial charge in [-0.15, -0.1) is 0 Å². The van der Waals surface area contributed by atoms with Gasteiger partial charge in [-0.3, -0.25) is 14.6 Å². The second-order valence-corrected chi connectivity index (χ2v) is 5.28. The molecular formula is C17H12N2O3. The van der Waals surface area contributed by atoms with Crippen LogP contribution in [0.2, 0.25) is 0 Å². The molecule has 0 bridgehead atoms. The minimum atomic E-state index is -0.461. The van der Waals surface area contributed by atoms with Crippen molar-refractivity contribution >= 4 is 16.9 Å². The van der Waals surface area contributed by atoms with Crippen LogP contribution in [0.5, 0.6) is 0 Å². The Morgan fingerprint density at radius 3 is 2.73 bits per heavy atom. The summed E-state index contributed by atoms with van der Waals surface area (Å²) in [5.41, 5.74) is 1.45. The highest BCUT2D eigenvalue weighted by atomic mass is 16.3. The van der Waals surface area contributed by atoms with Crippen molar-refractivity contribution in [2.75, 3.05) is 7.05 Å². The second kappa shape index (κ2) is 4.53. The lowest BCUT2D eigenvalue weighted by molar-refractivity contribution is 0.0771. The highest BCUT2D eigenvalue weighted by molar-refractivity contribution is 5.98. The summed E-state index contributed by atoms with van der Waals surface area (Å²) in [5.74, 6) is -0.160. The molecule has 5 nitrogen and oxygen atoms in total. The van der Waals surface area contributed by atoms with E-state index >= 15 is 0 Å². The number of pyridine rings is 1. The van der Waals surface area contributed by atoms with Crippen LogP contribution in [-0.2, 0) is 0 Å². The lowest BCUT2D eigenvalue weighted by Crippen LogP contribution is -2.25. The molecule has 0 N–H and O–H groups in total. The van der Waals surface area contributed by atoms with Crippen LogP contribution in [0.1, 0.15) is 27.7 Å². The summed E-state index contributed by atoms with van der Waals surface area (Å²) < 4.78 is 5.71. The van der Waals surface area contributed by atoms with Gasteiger partial charge in [0.15, 0.2) is 5.43 Å². The monoisotopic (exact) mass is 292 g/mol. The first-order valence-electron chi connectivity index (χ1n) is 6.91. The van der Waals surface area contributed by atoms with E-state index in [9.17, 15) is 9.59 Å². The Bertz CT molecular complexity index is 947.